The molecule has 0 saturated carbocycles. The highest BCUT2D eigenvalue weighted by Crippen LogP contribution is 2.30. The summed E-state index contributed by atoms with van der Waals surface area (Å²) >= 11 is 1.72. The second-order valence-corrected chi connectivity index (χ2v) is 8.12. The van der Waals surface area contributed by atoms with E-state index in [2.05, 4.69) is 34.4 Å². The molecule has 6 nitrogen and oxygen atoms in total. The van der Waals surface area contributed by atoms with Gasteiger partial charge in [0.25, 0.3) is 5.91 Å². The molecule has 1 amide bonds. The summed E-state index contributed by atoms with van der Waals surface area (Å²) in [5, 5.41) is 8.69. The van der Waals surface area contributed by atoms with Gasteiger partial charge >= 0.3 is 0 Å². The lowest BCUT2D eigenvalue weighted by molar-refractivity contribution is 0.0932. The van der Waals surface area contributed by atoms with E-state index in [4.69, 9.17) is 4.98 Å². The molecular weight excluding hydrogens is 358 g/mol. The number of aromatic nitrogens is 3. The Balaban J connectivity index is 1.44. The van der Waals surface area contributed by atoms with E-state index in [1.54, 1.807) is 11.3 Å². The van der Waals surface area contributed by atoms with Crippen molar-refractivity contribution in [2.45, 2.75) is 45.7 Å². The van der Waals surface area contributed by atoms with Crippen LogP contribution < -0.4 is 10.2 Å². The first-order chi connectivity index (χ1) is 13.1. The van der Waals surface area contributed by atoms with Crippen LogP contribution in [0.3, 0.4) is 0 Å². The Bertz CT molecular complexity index is 914. The van der Waals surface area contributed by atoms with E-state index in [1.165, 1.54) is 4.70 Å². The lowest BCUT2D eigenvalue weighted by Crippen LogP contribution is -2.47. The molecule has 1 saturated heterocycles. The molecule has 0 bridgehead atoms. The average molecular weight is 384 g/mol. The number of carbonyl (C=O) groups excluding carboxylic acids is 1. The zero-order valence-corrected chi connectivity index (χ0v) is 16.6. The normalized spacial score (nSPS) is 17.4. The number of nitrogens with one attached hydrogen (secondary N) is 1. The van der Waals surface area contributed by atoms with E-state index in [9.17, 15) is 4.79 Å². The highest BCUT2D eigenvalue weighted by atomic mass is 32.1. The highest BCUT2D eigenvalue weighted by molar-refractivity contribution is 7.22. The first kappa shape index (κ1) is 18.0. The van der Waals surface area contributed by atoms with Crippen molar-refractivity contribution in [3.63, 3.8) is 0 Å². The minimum Gasteiger partial charge on any atom is -0.347 e. The summed E-state index contributed by atoms with van der Waals surface area (Å²) in [4.78, 5) is 19.8. The van der Waals surface area contributed by atoms with E-state index < -0.39 is 0 Å². The molecule has 0 radical (unpaired) electrons. The first-order valence-corrected chi connectivity index (χ1v) is 10.4. The fourth-order valence-corrected chi connectivity index (χ4v) is 4.61. The van der Waals surface area contributed by atoms with Crippen LogP contribution in [0.2, 0.25) is 0 Å². The highest BCUT2D eigenvalue weighted by Gasteiger charge is 2.25. The molecular formula is C20H25N5OS. The summed E-state index contributed by atoms with van der Waals surface area (Å²) in [6.07, 6.45) is 4.91. The Hall–Kier alpha value is -2.41. The maximum atomic E-state index is 12.7. The minimum absolute atomic E-state index is 0.0222. The van der Waals surface area contributed by atoms with Crippen LogP contribution in [0, 0.1) is 6.92 Å². The summed E-state index contributed by atoms with van der Waals surface area (Å²) in [5.41, 5.74) is 2.52. The third-order valence-electron chi connectivity index (χ3n) is 4.95. The number of rotatable bonds is 5. The van der Waals surface area contributed by atoms with E-state index in [-0.39, 0.29) is 11.9 Å². The van der Waals surface area contributed by atoms with Crippen LogP contribution >= 0.6 is 11.3 Å². The molecule has 0 spiro atoms. The topological polar surface area (TPSA) is 63.1 Å². The molecule has 3 heterocycles. The lowest BCUT2D eigenvalue weighted by atomic mass is 10.1. The van der Waals surface area contributed by atoms with Gasteiger partial charge in [0.2, 0.25) is 0 Å². The van der Waals surface area contributed by atoms with E-state index in [0.29, 0.717) is 5.56 Å². The molecule has 1 unspecified atom stereocenters. The largest absolute Gasteiger partial charge is 0.347 e. The van der Waals surface area contributed by atoms with Gasteiger partial charge in [0.1, 0.15) is 0 Å². The average Bonchev–Trinajstić information content (AvgIpc) is 3.25. The summed E-state index contributed by atoms with van der Waals surface area (Å²) in [6, 6.07) is 8.36. The van der Waals surface area contributed by atoms with E-state index in [0.717, 1.165) is 55.2 Å². The van der Waals surface area contributed by atoms with Gasteiger partial charge in [-0.15, -0.1) is 0 Å². The van der Waals surface area contributed by atoms with Crippen molar-refractivity contribution >= 4 is 32.6 Å². The van der Waals surface area contributed by atoms with Crippen molar-refractivity contribution in [2.24, 2.45) is 0 Å². The van der Waals surface area contributed by atoms with Crippen LogP contribution in [-0.2, 0) is 6.54 Å². The van der Waals surface area contributed by atoms with Gasteiger partial charge in [-0.2, -0.15) is 5.10 Å². The minimum atomic E-state index is -0.0222. The Labute approximate surface area is 163 Å². The van der Waals surface area contributed by atoms with Crippen molar-refractivity contribution < 1.29 is 4.79 Å². The quantitative estimate of drug-likeness (QED) is 0.731. The molecule has 1 aromatic carbocycles. The van der Waals surface area contributed by atoms with Gasteiger partial charge in [-0.3, -0.25) is 9.48 Å². The van der Waals surface area contributed by atoms with Crippen LogP contribution in [0.5, 0.6) is 0 Å². The van der Waals surface area contributed by atoms with Gasteiger partial charge in [-0.25, -0.2) is 4.98 Å². The number of anilines is 1. The van der Waals surface area contributed by atoms with E-state index >= 15 is 0 Å². The number of para-hydroxylation sites is 1. The molecule has 1 N–H and O–H groups in total. The predicted octanol–water partition coefficient (Wildman–Crippen LogP) is 3.61. The molecule has 142 valence electrons. The molecule has 1 aliphatic heterocycles. The third kappa shape index (κ3) is 3.83. The van der Waals surface area contributed by atoms with Crippen molar-refractivity contribution in [3.8, 4) is 0 Å². The fourth-order valence-electron chi connectivity index (χ4n) is 3.61. The number of hydrogen-bond acceptors (Lipinski definition) is 5. The summed E-state index contributed by atoms with van der Waals surface area (Å²) in [6.45, 7) is 6.63. The van der Waals surface area contributed by atoms with E-state index in [1.807, 2.05) is 29.9 Å². The van der Waals surface area contributed by atoms with Gasteiger partial charge in [0, 0.05) is 31.9 Å². The lowest BCUT2D eigenvalue weighted by Gasteiger charge is -2.32. The van der Waals surface area contributed by atoms with Gasteiger partial charge in [-0.1, -0.05) is 30.4 Å². The number of carbonyl (C=O) groups is 1. The predicted molar refractivity (Wildman–Crippen MR) is 110 cm³/mol. The van der Waals surface area contributed by atoms with Crippen molar-refractivity contribution in [1.29, 1.82) is 0 Å². The third-order valence-corrected chi connectivity index (χ3v) is 6.05. The molecule has 27 heavy (non-hydrogen) atoms. The first-order valence-electron chi connectivity index (χ1n) is 9.59. The number of nitrogens with zero attached hydrogens (tertiary/aromatic N) is 4. The van der Waals surface area contributed by atoms with Gasteiger partial charge in [-0.05, 0) is 38.3 Å². The molecule has 7 heteroatoms. The summed E-state index contributed by atoms with van der Waals surface area (Å²) in [7, 11) is 0. The number of benzene rings is 1. The second kappa shape index (κ2) is 7.68. The number of fused-ring (bicyclic) bond motifs is 1. The number of amides is 1. The Morgan fingerprint density at radius 2 is 2.22 bits per heavy atom. The smallest absolute Gasteiger partial charge is 0.255 e. The van der Waals surface area contributed by atoms with Gasteiger partial charge in [0.05, 0.1) is 21.5 Å². The van der Waals surface area contributed by atoms with Gasteiger partial charge < -0.3 is 10.2 Å². The molecule has 4 rings (SSSR count). The molecule has 1 aliphatic rings. The summed E-state index contributed by atoms with van der Waals surface area (Å²) in [5.74, 6) is -0.0222. The van der Waals surface area contributed by atoms with Gasteiger partial charge in [0.15, 0.2) is 5.13 Å². The fraction of sp³-hybridized carbons (Fsp3) is 0.450. The standard InChI is InChI=1S/C20H25N5OS/c1-3-10-25-13-16(14(2)23-25)19(26)21-15-7-6-11-24(12-15)20-22-17-8-4-5-9-18(17)27-20/h4-5,8-9,13,15H,3,6-7,10-12H2,1-2H3,(H,21,26). The zero-order chi connectivity index (χ0) is 18.8. The Morgan fingerprint density at radius 1 is 1.37 bits per heavy atom. The van der Waals surface area contributed by atoms with Crippen LogP contribution in [0.15, 0.2) is 30.5 Å². The van der Waals surface area contributed by atoms with Crippen molar-refractivity contribution in [1.82, 2.24) is 20.1 Å². The maximum Gasteiger partial charge on any atom is 0.255 e. The van der Waals surface area contributed by atoms with Crippen LogP contribution in [0.1, 0.15) is 42.2 Å². The van der Waals surface area contributed by atoms with Crippen molar-refractivity contribution in [3.05, 3.63) is 41.7 Å². The number of piperidine rings is 1. The second-order valence-electron chi connectivity index (χ2n) is 7.11. The van der Waals surface area contributed by atoms with Crippen molar-refractivity contribution in [2.75, 3.05) is 18.0 Å². The molecule has 2 aromatic heterocycles. The molecule has 3 aromatic rings. The zero-order valence-electron chi connectivity index (χ0n) is 15.8. The monoisotopic (exact) mass is 383 g/mol. The van der Waals surface area contributed by atoms with Crippen LogP contribution in [0.25, 0.3) is 10.2 Å². The number of hydrogen-bond donors (Lipinski definition) is 1. The molecule has 1 atom stereocenters. The van der Waals surface area contributed by atoms with Crippen LogP contribution in [0.4, 0.5) is 5.13 Å². The Morgan fingerprint density at radius 3 is 3.04 bits per heavy atom. The molecule has 0 aliphatic carbocycles. The van der Waals surface area contributed by atoms with Crippen LogP contribution in [-0.4, -0.2) is 39.8 Å². The SMILES string of the molecule is CCCn1cc(C(=O)NC2CCCN(c3nc4ccccc4s3)C2)c(C)n1. The summed E-state index contributed by atoms with van der Waals surface area (Å²) < 4.78 is 3.07. The number of thiazole rings is 1. The Kier molecular flexibility index (Phi) is 5.11. The molecule has 1 fully saturated rings. The maximum absolute atomic E-state index is 12.7. The number of aryl methyl sites for hydroxylation is 2.